The van der Waals surface area contributed by atoms with Gasteiger partial charge in [-0.25, -0.2) is 13.1 Å². The van der Waals surface area contributed by atoms with Crippen molar-refractivity contribution in [2.45, 2.75) is 25.2 Å². The molecule has 0 aliphatic carbocycles. The van der Waals surface area contributed by atoms with Crippen LogP contribution in [0.4, 0.5) is 0 Å². The topological polar surface area (TPSA) is 75.3 Å². The first kappa shape index (κ1) is 19.1. The van der Waals surface area contributed by atoms with Crippen molar-refractivity contribution in [1.29, 1.82) is 0 Å². The van der Waals surface area contributed by atoms with Gasteiger partial charge in [0.15, 0.2) is 0 Å². The normalized spacial score (nSPS) is 11.5. The number of amides is 1. The van der Waals surface area contributed by atoms with Gasteiger partial charge < -0.3 is 5.32 Å². The van der Waals surface area contributed by atoms with E-state index in [1.165, 1.54) is 12.1 Å². The van der Waals surface area contributed by atoms with Crippen LogP contribution in [0.5, 0.6) is 0 Å². The molecule has 0 saturated heterocycles. The van der Waals surface area contributed by atoms with Crippen molar-refractivity contribution in [3.05, 3.63) is 65.7 Å². The first-order valence-corrected chi connectivity index (χ1v) is 9.78. The minimum Gasteiger partial charge on any atom is -0.352 e. The van der Waals surface area contributed by atoms with Crippen molar-refractivity contribution in [2.75, 3.05) is 13.1 Å². The highest BCUT2D eigenvalue weighted by molar-refractivity contribution is 7.89. The van der Waals surface area contributed by atoms with Crippen molar-refractivity contribution >= 4 is 15.9 Å². The molecule has 134 valence electrons. The quantitative estimate of drug-likeness (QED) is 0.760. The molecule has 0 atom stereocenters. The summed E-state index contributed by atoms with van der Waals surface area (Å²) in [6.45, 7) is 4.84. The second-order valence-electron chi connectivity index (χ2n) is 6.27. The summed E-state index contributed by atoms with van der Waals surface area (Å²) >= 11 is 0. The lowest BCUT2D eigenvalue weighted by molar-refractivity contribution is 0.0949. The largest absolute Gasteiger partial charge is 0.352 e. The highest BCUT2D eigenvalue weighted by Gasteiger charge is 2.16. The maximum Gasteiger partial charge on any atom is 0.251 e. The maximum atomic E-state index is 12.4. The molecule has 0 fully saturated rings. The summed E-state index contributed by atoms with van der Waals surface area (Å²) in [6, 6.07) is 15.7. The smallest absolute Gasteiger partial charge is 0.251 e. The van der Waals surface area contributed by atoms with E-state index in [0.29, 0.717) is 31.0 Å². The lowest BCUT2D eigenvalue weighted by atomic mass is 10.2. The number of nitrogens with one attached hydrogen (secondary N) is 2. The summed E-state index contributed by atoms with van der Waals surface area (Å²) in [5.74, 6) is 0.0607. The van der Waals surface area contributed by atoms with E-state index in [2.05, 4.69) is 10.0 Å². The zero-order valence-corrected chi connectivity index (χ0v) is 15.3. The first-order valence-electron chi connectivity index (χ1n) is 8.30. The van der Waals surface area contributed by atoms with Crippen molar-refractivity contribution in [3.63, 3.8) is 0 Å². The Bertz CT molecular complexity index is 802. The summed E-state index contributed by atoms with van der Waals surface area (Å²) in [5.41, 5.74) is 1.40. The molecule has 0 bridgehead atoms. The Morgan fingerprint density at radius 3 is 2.44 bits per heavy atom. The van der Waals surface area contributed by atoms with Crippen LogP contribution in [-0.2, 0) is 16.4 Å². The van der Waals surface area contributed by atoms with Crippen LogP contribution in [0.2, 0.25) is 0 Å². The molecule has 0 heterocycles. The second kappa shape index (κ2) is 8.78. The van der Waals surface area contributed by atoms with Crippen LogP contribution in [-0.4, -0.2) is 27.4 Å². The third kappa shape index (κ3) is 5.99. The molecule has 2 aromatic carbocycles. The molecule has 1 amide bonds. The molecule has 0 saturated carbocycles. The van der Waals surface area contributed by atoms with Gasteiger partial charge in [0.25, 0.3) is 5.91 Å². The number of hydrogen-bond donors (Lipinski definition) is 2. The summed E-state index contributed by atoms with van der Waals surface area (Å²) in [7, 11) is -3.65. The first-order chi connectivity index (χ1) is 11.9. The van der Waals surface area contributed by atoms with E-state index in [9.17, 15) is 13.2 Å². The maximum absolute atomic E-state index is 12.4. The lowest BCUT2D eigenvalue weighted by Crippen LogP contribution is -2.28. The molecule has 0 radical (unpaired) electrons. The van der Waals surface area contributed by atoms with E-state index >= 15 is 0 Å². The van der Waals surface area contributed by atoms with Gasteiger partial charge in [-0.05, 0) is 36.1 Å². The van der Waals surface area contributed by atoms with Crippen LogP contribution in [0.25, 0.3) is 0 Å². The Balaban J connectivity index is 2.01. The molecule has 2 rings (SSSR count). The van der Waals surface area contributed by atoms with Crippen LogP contribution in [0.15, 0.2) is 59.5 Å². The van der Waals surface area contributed by atoms with Gasteiger partial charge in [0.05, 0.1) is 4.90 Å². The molecule has 0 unspecified atom stereocenters. The number of sulfonamides is 1. The molecular formula is C19H24N2O3S. The van der Waals surface area contributed by atoms with Gasteiger partial charge in [-0.15, -0.1) is 0 Å². The number of rotatable bonds is 8. The van der Waals surface area contributed by atoms with E-state index in [-0.39, 0.29) is 10.8 Å². The number of hydrogen-bond acceptors (Lipinski definition) is 3. The fourth-order valence-electron chi connectivity index (χ4n) is 2.26. The Kier molecular flexibility index (Phi) is 6.73. The van der Waals surface area contributed by atoms with Crippen molar-refractivity contribution < 1.29 is 13.2 Å². The predicted octanol–water partition coefficient (Wildman–Crippen LogP) is 2.59. The van der Waals surface area contributed by atoms with E-state index in [4.69, 9.17) is 0 Å². The average molecular weight is 360 g/mol. The number of carbonyl (C=O) groups excluding carboxylic acids is 1. The van der Waals surface area contributed by atoms with E-state index in [1.807, 2.05) is 44.2 Å². The summed E-state index contributed by atoms with van der Waals surface area (Å²) < 4.78 is 27.4. The standard InChI is InChI=1S/C19H24N2O3S/c1-15(2)14-20-19(22)17-9-6-10-18(13-17)25(23,24)21-12-11-16-7-4-3-5-8-16/h3-10,13,15,21H,11-12,14H2,1-2H3,(H,20,22). The Morgan fingerprint density at radius 2 is 1.76 bits per heavy atom. The molecule has 2 N–H and O–H groups in total. The highest BCUT2D eigenvalue weighted by atomic mass is 32.2. The van der Waals surface area contributed by atoms with Crippen molar-refractivity contribution in [1.82, 2.24) is 10.0 Å². The van der Waals surface area contributed by atoms with Crippen LogP contribution in [0.3, 0.4) is 0 Å². The molecule has 0 aliphatic rings. The lowest BCUT2D eigenvalue weighted by Gasteiger charge is -2.10. The van der Waals surface area contributed by atoms with E-state index in [1.54, 1.807) is 12.1 Å². The highest BCUT2D eigenvalue weighted by Crippen LogP contribution is 2.12. The molecular weight excluding hydrogens is 336 g/mol. The molecule has 6 heteroatoms. The van der Waals surface area contributed by atoms with E-state index < -0.39 is 10.0 Å². The SMILES string of the molecule is CC(C)CNC(=O)c1cccc(S(=O)(=O)NCCc2ccccc2)c1. The molecule has 25 heavy (non-hydrogen) atoms. The van der Waals surface area contributed by atoms with Crippen LogP contribution >= 0.6 is 0 Å². The number of benzene rings is 2. The molecule has 0 aromatic heterocycles. The second-order valence-corrected chi connectivity index (χ2v) is 8.03. The summed E-state index contributed by atoms with van der Waals surface area (Å²) in [6.07, 6.45) is 0.606. The minimum absolute atomic E-state index is 0.0951. The van der Waals surface area contributed by atoms with Gasteiger partial charge in [0, 0.05) is 18.7 Å². The monoisotopic (exact) mass is 360 g/mol. The molecule has 0 aliphatic heterocycles. The van der Waals surface area contributed by atoms with Crippen LogP contribution in [0, 0.1) is 5.92 Å². The minimum atomic E-state index is -3.65. The molecule has 5 nitrogen and oxygen atoms in total. The summed E-state index contributed by atoms with van der Waals surface area (Å²) in [5, 5.41) is 2.79. The third-order valence-corrected chi connectivity index (χ3v) is 5.08. The fourth-order valence-corrected chi connectivity index (χ4v) is 3.34. The van der Waals surface area contributed by atoms with Gasteiger partial charge >= 0.3 is 0 Å². The Hall–Kier alpha value is -2.18. The van der Waals surface area contributed by atoms with Gasteiger partial charge in [-0.1, -0.05) is 50.2 Å². The van der Waals surface area contributed by atoms with Crippen molar-refractivity contribution in [2.24, 2.45) is 5.92 Å². The van der Waals surface area contributed by atoms with Crippen LogP contribution < -0.4 is 10.0 Å². The zero-order chi connectivity index (χ0) is 18.3. The number of carbonyl (C=O) groups is 1. The predicted molar refractivity (Wildman–Crippen MR) is 98.9 cm³/mol. The fraction of sp³-hybridized carbons (Fsp3) is 0.316. The zero-order valence-electron chi connectivity index (χ0n) is 14.5. The molecule has 0 spiro atoms. The Labute approximate surface area is 149 Å². The van der Waals surface area contributed by atoms with Crippen LogP contribution in [0.1, 0.15) is 29.8 Å². The van der Waals surface area contributed by atoms with Crippen molar-refractivity contribution in [3.8, 4) is 0 Å². The Morgan fingerprint density at radius 1 is 1.04 bits per heavy atom. The van der Waals surface area contributed by atoms with E-state index in [0.717, 1.165) is 5.56 Å². The van der Waals surface area contributed by atoms with Gasteiger partial charge in [0.2, 0.25) is 10.0 Å². The van der Waals surface area contributed by atoms with Gasteiger partial charge in [-0.2, -0.15) is 0 Å². The average Bonchev–Trinajstić information content (AvgIpc) is 2.60. The molecule has 2 aromatic rings. The van der Waals surface area contributed by atoms with Gasteiger partial charge in [-0.3, -0.25) is 4.79 Å². The summed E-state index contributed by atoms with van der Waals surface area (Å²) in [4.78, 5) is 12.2. The third-order valence-electron chi connectivity index (χ3n) is 3.63. The van der Waals surface area contributed by atoms with Gasteiger partial charge in [0.1, 0.15) is 0 Å².